The van der Waals surface area contributed by atoms with E-state index in [4.69, 9.17) is 4.43 Å². The zero-order valence-electron chi connectivity index (χ0n) is 13.0. The van der Waals surface area contributed by atoms with Crippen LogP contribution in [0, 0.1) is 0 Å². The summed E-state index contributed by atoms with van der Waals surface area (Å²) in [5, 5.41) is 0.0114. The number of rotatable bonds is 6. The van der Waals surface area contributed by atoms with Gasteiger partial charge in [-0.25, -0.2) is 0 Å². The number of ether oxygens (including phenoxy) is 2. The van der Waals surface area contributed by atoms with Crippen molar-refractivity contribution in [3.63, 3.8) is 0 Å². The molecule has 0 aliphatic heterocycles. The number of carbonyl (C=O) groups is 2. The van der Waals surface area contributed by atoms with Gasteiger partial charge in [0.05, 0.1) is 33.2 Å². The summed E-state index contributed by atoms with van der Waals surface area (Å²) in [7, 11) is 0.604. The van der Waals surface area contributed by atoms with Gasteiger partial charge in [0, 0.05) is 0 Å². The maximum atomic E-state index is 11.4. The van der Waals surface area contributed by atoms with Crippen molar-refractivity contribution in [3.8, 4) is 0 Å². The standard InChI is InChI=1S/C13H26O5Si/c1-13(2,3)19(6,7)18-10(8-11(14)16-4)9-12(15)17-5/h10H,8-9H2,1-7H3. The molecule has 0 aliphatic rings. The predicted octanol–water partition coefficient (Wildman–Crippen LogP) is 2.50. The Morgan fingerprint density at radius 3 is 1.63 bits per heavy atom. The van der Waals surface area contributed by atoms with E-state index in [-0.39, 0.29) is 29.8 Å². The monoisotopic (exact) mass is 290 g/mol. The lowest BCUT2D eigenvalue weighted by atomic mass is 10.2. The average Bonchev–Trinajstić information content (AvgIpc) is 2.26. The highest BCUT2D eigenvalue weighted by molar-refractivity contribution is 6.74. The van der Waals surface area contributed by atoms with E-state index >= 15 is 0 Å². The molecule has 0 atom stereocenters. The highest BCUT2D eigenvalue weighted by Crippen LogP contribution is 2.38. The largest absolute Gasteiger partial charge is 0.469 e. The highest BCUT2D eigenvalue weighted by atomic mass is 28.4. The van der Waals surface area contributed by atoms with E-state index in [1.54, 1.807) is 0 Å². The molecule has 0 N–H and O–H groups in total. The molecule has 6 heteroatoms. The van der Waals surface area contributed by atoms with Crippen LogP contribution in [0.5, 0.6) is 0 Å². The van der Waals surface area contributed by atoms with Gasteiger partial charge < -0.3 is 13.9 Å². The first-order valence-electron chi connectivity index (χ1n) is 6.35. The van der Waals surface area contributed by atoms with E-state index in [2.05, 4.69) is 43.3 Å². The SMILES string of the molecule is COC(=O)CC(CC(=O)OC)O[Si](C)(C)C(C)(C)C. The van der Waals surface area contributed by atoms with E-state index in [1.807, 2.05) is 0 Å². The topological polar surface area (TPSA) is 61.8 Å². The van der Waals surface area contributed by atoms with Crippen LogP contribution in [-0.2, 0) is 23.5 Å². The third-order valence-electron chi connectivity index (χ3n) is 3.51. The van der Waals surface area contributed by atoms with Crippen molar-refractivity contribution in [1.29, 1.82) is 0 Å². The van der Waals surface area contributed by atoms with Crippen LogP contribution in [0.25, 0.3) is 0 Å². The molecule has 0 spiro atoms. The molecule has 0 rings (SSSR count). The molecule has 0 aromatic rings. The number of esters is 2. The van der Waals surface area contributed by atoms with Gasteiger partial charge in [0.15, 0.2) is 8.32 Å². The van der Waals surface area contributed by atoms with Crippen molar-refractivity contribution < 1.29 is 23.5 Å². The summed E-state index contributed by atoms with van der Waals surface area (Å²) in [5.74, 6) is -0.764. The first-order chi connectivity index (χ1) is 8.53. The van der Waals surface area contributed by atoms with E-state index in [9.17, 15) is 9.59 Å². The third-order valence-corrected chi connectivity index (χ3v) is 8.05. The molecule has 19 heavy (non-hydrogen) atoms. The van der Waals surface area contributed by atoms with E-state index in [0.29, 0.717) is 0 Å². The molecule has 0 saturated carbocycles. The molecule has 0 radical (unpaired) electrons. The summed E-state index contributed by atoms with van der Waals surface area (Å²) in [6, 6.07) is 0. The van der Waals surface area contributed by atoms with Crippen LogP contribution in [0.4, 0.5) is 0 Å². The Labute approximate surface area is 116 Å². The Morgan fingerprint density at radius 1 is 1.00 bits per heavy atom. The first-order valence-corrected chi connectivity index (χ1v) is 9.25. The van der Waals surface area contributed by atoms with Crippen molar-refractivity contribution >= 4 is 20.3 Å². The van der Waals surface area contributed by atoms with Crippen molar-refractivity contribution in [2.24, 2.45) is 0 Å². The number of hydrogen-bond acceptors (Lipinski definition) is 5. The first kappa shape index (κ1) is 18.1. The number of methoxy groups -OCH3 is 2. The lowest BCUT2D eigenvalue weighted by Crippen LogP contribution is -2.45. The van der Waals surface area contributed by atoms with Gasteiger partial charge in [-0.2, -0.15) is 0 Å². The molecule has 0 unspecified atom stereocenters. The molecule has 0 fully saturated rings. The molecule has 112 valence electrons. The van der Waals surface area contributed by atoms with E-state index in [0.717, 1.165) is 0 Å². The second-order valence-corrected chi connectivity index (χ2v) is 10.8. The minimum Gasteiger partial charge on any atom is -0.469 e. The molecule has 0 aromatic heterocycles. The van der Waals surface area contributed by atoms with Crippen molar-refractivity contribution in [2.75, 3.05) is 14.2 Å². The Balaban J connectivity index is 4.84. The van der Waals surface area contributed by atoms with Crippen molar-refractivity contribution in [1.82, 2.24) is 0 Å². The predicted molar refractivity (Wildman–Crippen MR) is 75.3 cm³/mol. The Hall–Kier alpha value is -0.883. The summed E-state index contributed by atoms with van der Waals surface area (Å²) < 4.78 is 15.4. The maximum Gasteiger partial charge on any atom is 0.308 e. The average molecular weight is 290 g/mol. The Morgan fingerprint density at radius 2 is 1.37 bits per heavy atom. The smallest absolute Gasteiger partial charge is 0.308 e. The third kappa shape index (κ3) is 6.20. The van der Waals surface area contributed by atoms with Crippen LogP contribution in [0.3, 0.4) is 0 Å². The lowest BCUT2D eigenvalue weighted by molar-refractivity contribution is -0.146. The molecule has 0 amide bonds. The van der Waals surface area contributed by atoms with Gasteiger partial charge in [-0.15, -0.1) is 0 Å². The minimum atomic E-state index is -2.04. The van der Waals surface area contributed by atoms with Gasteiger partial charge in [-0.05, 0) is 18.1 Å². The van der Waals surface area contributed by atoms with Gasteiger partial charge in [0.2, 0.25) is 0 Å². The lowest BCUT2D eigenvalue weighted by Gasteiger charge is -2.38. The minimum absolute atomic E-state index is 0.0114. The molecule has 0 aliphatic carbocycles. The number of hydrogen-bond donors (Lipinski definition) is 0. The highest BCUT2D eigenvalue weighted by Gasteiger charge is 2.40. The van der Waals surface area contributed by atoms with Gasteiger partial charge in [0.25, 0.3) is 0 Å². The van der Waals surface area contributed by atoms with Crippen LogP contribution in [0.2, 0.25) is 18.1 Å². The van der Waals surface area contributed by atoms with Crippen LogP contribution in [0.1, 0.15) is 33.6 Å². The summed E-state index contributed by atoms with van der Waals surface area (Å²) in [6.07, 6.45) is -0.350. The van der Waals surface area contributed by atoms with Crippen LogP contribution in [0.15, 0.2) is 0 Å². The maximum absolute atomic E-state index is 11.4. The zero-order valence-corrected chi connectivity index (χ0v) is 14.0. The summed E-state index contributed by atoms with van der Waals surface area (Å²) in [4.78, 5) is 22.8. The van der Waals surface area contributed by atoms with E-state index in [1.165, 1.54) is 14.2 Å². The Kier molecular flexibility index (Phi) is 6.72. The number of carbonyl (C=O) groups excluding carboxylic acids is 2. The Bertz CT molecular complexity index is 301. The second kappa shape index (κ2) is 7.05. The molecule has 0 saturated heterocycles. The van der Waals surface area contributed by atoms with Gasteiger partial charge in [-0.3, -0.25) is 9.59 Å². The fourth-order valence-corrected chi connectivity index (χ4v) is 2.64. The molecule has 0 aromatic carbocycles. The molecule has 5 nitrogen and oxygen atoms in total. The van der Waals surface area contributed by atoms with Gasteiger partial charge in [-0.1, -0.05) is 20.8 Å². The van der Waals surface area contributed by atoms with Gasteiger partial charge >= 0.3 is 11.9 Å². The molecular formula is C13H26O5Si. The van der Waals surface area contributed by atoms with Crippen LogP contribution >= 0.6 is 0 Å². The van der Waals surface area contributed by atoms with Crippen LogP contribution in [-0.4, -0.2) is 40.6 Å². The summed E-state index contributed by atoms with van der Waals surface area (Å²) in [6.45, 7) is 10.5. The van der Waals surface area contributed by atoms with E-state index < -0.39 is 14.4 Å². The quantitative estimate of drug-likeness (QED) is 0.555. The van der Waals surface area contributed by atoms with Gasteiger partial charge in [0.1, 0.15) is 0 Å². The summed E-state index contributed by atoms with van der Waals surface area (Å²) >= 11 is 0. The second-order valence-electron chi connectivity index (χ2n) is 6.06. The van der Waals surface area contributed by atoms with Crippen LogP contribution < -0.4 is 0 Å². The summed E-state index contributed by atoms with van der Waals surface area (Å²) in [5.41, 5.74) is 0. The molecular weight excluding hydrogens is 264 g/mol. The molecule has 0 heterocycles. The zero-order chi connectivity index (χ0) is 15.3. The fraction of sp³-hybridized carbons (Fsp3) is 0.846. The van der Waals surface area contributed by atoms with Crippen molar-refractivity contribution in [3.05, 3.63) is 0 Å². The normalized spacial score (nSPS) is 12.4. The molecule has 0 bridgehead atoms. The van der Waals surface area contributed by atoms with Crippen molar-refractivity contribution in [2.45, 2.75) is 57.8 Å². The fourth-order valence-electron chi connectivity index (χ4n) is 1.29.